The van der Waals surface area contributed by atoms with Gasteiger partial charge in [-0.05, 0) is 19.1 Å². The Bertz CT molecular complexity index is 463. The largest absolute Gasteiger partial charge is 0.384 e. The number of rotatable bonds is 3. The zero-order valence-corrected chi connectivity index (χ0v) is 9.17. The van der Waals surface area contributed by atoms with Crippen LogP contribution in [-0.2, 0) is 5.60 Å². The molecule has 1 atom stereocenters. The van der Waals surface area contributed by atoms with Crippen molar-refractivity contribution in [1.29, 1.82) is 0 Å². The van der Waals surface area contributed by atoms with Gasteiger partial charge in [-0.2, -0.15) is 5.10 Å². The van der Waals surface area contributed by atoms with Crippen molar-refractivity contribution in [2.75, 3.05) is 6.54 Å². The Morgan fingerprint density at radius 3 is 2.75 bits per heavy atom. The number of aromatic nitrogens is 2. The summed E-state index contributed by atoms with van der Waals surface area (Å²) in [6.07, 6.45) is 3.54. The molecule has 0 amide bonds. The second-order valence-corrected chi connectivity index (χ2v) is 3.95. The molecule has 84 valence electrons. The SMILES string of the molecule is CC(O)(CN)c1ccccc1-n1cccn1. The van der Waals surface area contributed by atoms with Crippen molar-refractivity contribution < 1.29 is 5.11 Å². The molecule has 4 nitrogen and oxygen atoms in total. The first kappa shape index (κ1) is 10.9. The highest BCUT2D eigenvalue weighted by atomic mass is 16.3. The number of para-hydroxylation sites is 1. The van der Waals surface area contributed by atoms with Crippen molar-refractivity contribution in [3.05, 3.63) is 48.3 Å². The van der Waals surface area contributed by atoms with E-state index in [2.05, 4.69) is 5.10 Å². The minimum absolute atomic E-state index is 0.172. The monoisotopic (exact) mass is 217 g/mol. The number of nitrogens with zero attached hydrogens (tertiary/aromatic N) is 2. The van der Waals surface area contributed by atoms with E-state index in [1.807, 2.05) is 36.5 Å². The molecule has 0 spiro atoms. The molecule has 1 aromatic carbocycles. The quantitative estimate of drug-likeness (QED) is 0.807. The molecule has 0 fully saturated rings. The summed E-state index contributed by atoms with van der Waals surface area (Å²) in [5.41, 5.74) is 6.17. The van der Waals surface area contributed by atoms with Crippen LogP contribution in [0.1, 0.15) is 12.5 Å². The molecule has 0 aliphatic rings. The fourth-order valence-electron chi connectivity index (χ4n) is 1.65. The number of hydrogen-bond acceptors (Lipinski definition) is 3. The van der Waals surface area contributed by atoms with Crippen LogP contribution >= 0.6 is 0 Å². The normalized spacial score (nSPS) is 14.7. The summed E-state index contributed by atoms with van der Waals surface area (Å²) in [5.74, 6) is 0. The smallest absolute Gasteiger partial charge is 0.101 e. The van der Waals surface area contributed by atoms with E-state index in [1.54, 1.807) is 17.8 Å². The summed E-state index contributed by atoms with van der Waals surface area (Å²) in [6.45, 7) is 1.88. The van der Waals surface area contributed by atoms with Crippen LogP contribution in [0, 0.1) is 0 Å². The molecule has 2 rings (SSSR count). The first-order valence-corrected chi connectivity index (χ1v) is 5.17. The van der Waals surface area contributed by atoms with Gasteiger partial charge in [-0.25, -0.2) is 4.68 Å². The predicted molar refractivity (Wildman–Crippen MR) is 62.2 cm³/mol. The van der Waals surface area contributed by atoms with Crippen LogP contribution in [-0.4, -0.2) is 21.4 Å². The van der Waals surface area contributed by atoms with E-state index < -0.39 is 5.60 Å². The summed E-state index contributed by atoms with van der Waals surface area (Å²) < 4.78 is 1.72. The molecule has 0 radical (unpaired) electrons. The highest BCUT2D eigenvalue weighted by Gasteiger charge is 2.24. The number of aliphatic hydroxyl groups is 1. The van der Waals surface area contributed by atoms with Crippen molar-refractivity contribution in [3.8, 4) is 5.69 Å². The average Bonchev–Trinajstić information content (AvgIpc) is 2.82. The molecule has 0 bridgehead atoms. The Morgan fingerprint density at radius 1 is 1.38 bits per heavy atom. The molecule has 3 N–H and O–H groups in total. The summed E-state index contributed by atoms with van der Waals surface area (Å²) in [6, 6.07) is 9.41. The minimum Gasteiger partial charge on any atom is -0.384 e. The fourth-order valence-corrected chi connectivity index (χ4v) is 1.65. The molecule has 1 unspecified atom stereocenters. The van der Waals surface area contributed by atoms with E-state index in [9.17, 15) is 5.11 Å². The van der Waals surface area contributed by atoms with Crippen molar-refractivity contribution in [1.82, 2.24) is 9.78 Å². The third kappa shape index (κ3) is 1.85. The molecule has 16 heavy (non-hydrogen) atoms. The number of benzene rings is 1. The Kier molecular flexibility index (Phi) is 2.77. The van der Waals surface area contributed by atoms with Gasteiger partial charge in [0.1, 0.15) is 5.60 Å². The Balaban J connectivity index is 2.55. The summed E-state index contributed by atoms with van der Waals surface area (Å²) in [4.78, 5) is 0. The molecule has 4 heteroatoms. The molecular weight excluding hydrogens is 202 g/mol. The topological polar surface area (TPSA) is 64.1 Å². The van der Waals surface area contributed by atoms with E-state index in [0.29, 0.717) is 0 Å². The summed E-state index contributed by atoms with van der Waals surface area (Å²) >= 11 is 0. The van der Waals surface area contributed by atoms with Crippen molar-refractivity contribution in [3.63, 3.8) is 0 Å². The van der Waals surface area contributed by atoms with Gasteiger partial charge >= 0.3 is 0 Å². The summed E-state index contributed by atoms with van der Waals surface area (Å²) in [7, 11) is 0. The maximum absolute atomic E-state index is 10.2. The zero-order chi connectivity index (χ0) is 11.6. The van der Waals surface area contributed by atoms with Gasteiger partial charge in [-0.3, -0.25) is 0 Å². The van der Waals surface area contributed by atoms with Crippen molar-refractivity contribution in [2.45, 2.75) is 12.5 Å². The second kappa shape index (κ2) is 4.08. The lowest BCUT2D eigenvalue weighted by molar-refractivity contribution is 0.0667. The maximum atomic E-state index is 10.2. The number of nitrogens with two attached hydrogens (primary N) is 1. The zero-order valence-electron chi connectivity index (χ0n) is 9.17. The molecule has 0 saturated heterocycles. The van der Waals surface area contributed by atoms with Gasteiger partial charge in [0.25, 0.3) is 0 Å². The van der Waals surface area contributed by atoms with Crippen molar-refractivity contribution in [2.24, 2.45) is 5.73 Å². The van der Waals surface area contributed by atoms with E-state index in [4.69, 9.17) is 5.73 Å². The van der Waals surface area contributed by atoms with Crippen LogP contribution in [0.15, 0.2) is 42.7 Å². The maximum Gasteiger partial charge on any atom is 0.101 e. The van der Waals surface area contributed by atoms with E-state index in [-0.39, 0.29) is 6.54 Å². The molecule has 2 aromatic rings. The van der Waals surface area contributed by atoms with Gasteiger partial charge < -0.3 is 10.8 Å². The van der Waals surface area contributed by atoms with E-state index >= 15 is 0 Å². The van der Waals surface area contributed by atoms with Crippen LogP contribution in [0.3, 0.4) is 0 Å². The van der Waals surface area contributed by atoms with Gasteiger partial charge in [0, 0.05) is 24.5 Å². The Hall–Kier alpha value is -1.65. The second-order valence-electron chi connectivity index (χ2n) is 3.95. The first-order chi connectivity index (χ1) is 7.65. The minimum atomic E-state index is -1.04. The van der Waals surface area contributed by atoms with Gasteiger partial charge in [0.2, 0.25) is 0 Å². The lowest BCUT2D eigenvalue weighted by Gasteiger charge is -2.24. The van der Waals surface area contributed by atoms with Crippen LogP contribution in [0.25, 0.3) is 5.69 Å². The summed E-state index contributed by atoms with van der Waals surface area (Å²) in [5, 5.41) is 14.4. The standard InChI is InChI=1S/C12H15N3O/c1-12(16,9-13)10-5-2-3-6-11(10)15-8-4-7-14-15/h2-8,16H,9,13H2,1H3. The molecule has 1 heterocycles. The van der Waals surface area contributed by atoms with Crippen LogP contribution in [0.4, 0.5) is 0 Å². The lowest BCUT2D eigenvalue weighted by Crippen LogP contribution is -2.32. The molecule has 0 aliphatic carbocycles. The highest BCUT2D eigenvalue weighted by molar-refractivity contribution is 5.43. The average molecular weight is 217 g/mol. The van der Waals surface area contributed by atoms with E-state index in [1.165, 1.54) is 0 Å². The lowest BCUT2D eigenvalue weighted by atomic mass is 9.94. The number of hydrogen-bond donors (Lipinski definition) is 2. The van der Waals surface area contributed by atoms with Crippen LogP contribution < -0.4 is 5.73 Å². The third-order valence-corrected chi connectivity index (χ3v) is 2.63. The van der Waals surface area contributed by atoms with Gasteiger partial charge in [-0.1, -0.05) is 18.2 Å². The van der Waals surface area contributed by atoms with Crippen LogP contribution in [0.5, 0.6) is 0 Å². The molecule has 1 aromatic heterocycles. The molecular formula is C12H15N3O. The fraction of sp³-hybridized carbons (Fsp3) is 0.250. The predicted octanol–water partition coefficient (Wildman–Crippen LogP) is 1.04. The molecule has 0 aliphatic heterocycles. The molecule has 0 saturated carbocycles. The van der Waals surface area contributed by atoms with Gasteiger partial charge in [-0.15, -0.1) is 0 Å². The highest BCUT2D eigenvalue weighted by Crippen LogP contribution is 2.25. The van der Waals surface area contributed by atoms with E-state index in [0.717, 1.165) is 11.3 Å². The Labute approximate surface area is 94.3 Å². The third-order valence-electron chi connectivity index (χ3n) is 2.63. The van der Waals surface area contributed by atoms with Gasteiger partial charge in [0.05, 0.1) is 5.69 Å². The van der Waals surface area contributed by atoms with Gasteiger partial charge in [0.15, 0.2) is 0 Å². The van der Waals surface area contributed by atoms with Crippen molar-refractivity contribution >= 4 is 0 Å². The first-order valence-electron chi connectivity index (χ1n) is 5.17. The van der Waals surface area contributed by atoms with Crippen LogP contribution in [0.2, 0.25) is 0 Å². The Morgan fingerprint density at radius 2 is 2.12 bits per heavy atom.